The van der Waals surface area contributed by atoms with Crippen LogP contribution in [0, 0.1) is 5.82 Å². The number of rotatable bonds is 5. The van der Waals surface area contributed by atoms with Gasteiger partial charge in [-0.15, -0.1) is 5.10 Å². The summed E-state index contributed by atoms with van der Waals surface area (Å²) < 4.78 is 55.2. The summed E-state index contributed by atoms with van der Waals surface area (Å²) in [6.45, 7) is -0.346. The molecule has 3 aromatic carbocycles. The number of halogens is 4. The van der Waals surface area contributed by atoms with Gasteiger partial charge in [0, 0.05) is 11.3 Å². The molecule has 0 unspecified atom stereocenters. The van der Waals surface area contributed by atoms with Gasteiger partial charge in [-0.2, -0.15) is 13.2 Å². The number of fused-ring (bicyclic) bond motifs is 1. The van der Waals surface area contributed by atoms with Crippen molar-refractivity contribution in [3.8, 4) is 0 Å². The van der Waals surface area contributed by atoms with Gasteiger partial charge in [-0.05, 0) is 54.6 Å². The molecular weight excluding hydrogens is 442 g/mol. The van der Waals surface area contributed by atoms with Gasteiger partial charge in [0.1, 0.15) is 17.9 Å². The molecule has 0 saturated heterocycles. The Balaban J connectivity index is 1.53. The maximum absolute atomic E-state index is 13.6. The van der Waals surface area contributed by atoms with Crippen LogP contribution in [0.2, 0.25) is 0 Å². The summed E-state index contributed by atoms with van der Waals surface area (Å²) in [6.07, 6.45) is -4.81. The predicted octanol–water partition coefficient (Wildman–Crippen LogP) is 4.48. The van der Waals surface area contributed by atoms with Gasteiger partial charge in [0.25, 0.3) is 5.91 Å². The van der Waals surface area contributed by atoms with Crippen molar-refractivity contribution in [1.82, 2.24) is 15.0 Å². The quantitative estimate of drug-likeness (QED) is 0.433. The lowest BCUT2D eigenvalue weighted by atomic mass is 10.1. The Morgan fingerprint density at radius 1 is 0.939 bits per heavy atom. The molecule has 1 heterocycles. The van der Waals surface area contributed by atoms with Crippen molar-refractivity contribution in [1.29, 1.82) is 0 Å². The number of hydrogen-bond acceptors (Lipinski definition) is 4. The molecule has 0 bridgehead atoms. The molecule has 0 aliphatic carbocycles. The van der Waals surface area contributed by atoms with Crippen LogP contribution in [0.15, 0.2) is 66.7 Å². The number of carbonyl (C=O) groups is 2. The summed E-state index contributed by atoms with van der Waals surface area (Å²) in [5.41, 5.74) is -0.586. The van der Waals surface area contributed by atoms with Gasteiger partial charge in [-0.3, -0.25) is 9.59 Å². The van der Waals surface area contributed by atoms with Gasteiger partial charge in [-0.1, -0.05) is 17.3 Å². The van der Waals surface area contributed by atoms with E-state index in [9.17, 15) is 27.2 Å². The Labute approximate surface area is 184 Å². The lowest BCUT2D eigenvalue weighted by molar-refractivity contribution is -0.136. The molecule has 0 aliphatic rings. The first-order valence-electron chi connectivity index (χ1n) is 9.57. The molecule has 0 fully saturated rings. The Morgan fingerprint density at radius 3 is 2.39 bits per heavy atom. The highest BCUT2D eigenvalue weighted by Gasteiger charge is 2.34. The highest BCUT2D eigenvalue weighted by atomic mass is 19.4. The van der Waals surface area contributed by atoms with Gasteiger partial charge >= 0.3 is 6.18 Å². The molecule has 0 radical (unpaired) electrons. The third kappa shape index (κ3) is 4.97. The summed E-state index contributed by atoms with van der Waals surface area (Å²) in [5.74, 6) is -2.00. The topological polar surface area (TPSA) is 88.9 Å². The van der Waals surface area contributed by atoms with Gasteiger partial charge in [-0.25, -0.2) is 9.07 Å². The molecule has 1 aromatic heterocycles. The molecule has 33 heavy (non-hydrogen) atoms. The average molecular weight is 457 g/mol. The van der Waals surface area contributed by atoms with Crippen molar-refractivity contribution >= 4 is 34.2 Å². The highest BCUT2D eigenvalue weighted by molar-refractivity contribution is 6.04. The molecule has 4 rings (SSSR count). The van der Waals surface area contributed by atoms with Crippen molar-refractivity contribution < 1.29 is 27.2 Å². The van der Waals surface area contributed by atoms with E-state index in [0.717, 1.165) is 18.2 Å². The van der Waals surface area contributed by atoms with Crippen LogP contribution in [-0.4, -0.2) is 26.8 Å². The third-order valence-electron chi connectivity index (χ3n) is 4.68. The van der Waals surface area contributed by atoms with E-state index >= 15 is 0 Å². The average Bonchev–Trinajstić information content (AvgIpc) is 3.17. The second-order valence-corrected chi connectivity index (χ2v) is 7.00. The first kappa shape index (κ1) is 21.9. The minimum Gasteiger partial charge on any atom is -0.324 e. The Morgan fingerprint density at radius 2 is 1.67 bits per heavy atom. The lowest BCUT2D eigenvalue weighted by Gasteiger charge is -2.16. The van der Waals surface area contributed by atoms with Crippen LogP contribution in [0.5, 0.6) is 0 Å². The molecule has 0 aliphatic heterocycles. The predicted molar refractivity (Wildman–Crippen MR) is 112 cm³/mol. The van der Waals surface area contributed by atoms with Crippen molar-refractivity contribution in [2.75, 3.05) is 10.6 Å². The zero-order valence-corrected chi connectivity index (χ0v) is 16.7. The van der Waals surface area contributed by atoms with Crippen LogP contribution in [0.1, 0.15) is 15.9 Å². The van der Waals surface area contributed by atoms with Gasteiger partial charge in [0.05, 0.1) is 16.8 Å². The van der Waals surface area contributed by atoms with Crippen LogP contribution >= 0.6 is 0 Å². The van der Waals surface area contributed by atoms with Crippen LogP contribution in [-0.2, 0) is 17.5 Å². The number of nitrogens with one attached hydrogen (secondary N) is 2. The standard InChI is InChI=1S/C22H15F4N5O2/c23-14-7-5-13(6-8-14)21(33)27-15-9-10-17(16(11-15)22(24,25)26)28-20(32)12-31-19-4-2-1-3-18(19)29-30-31/h1-11H,12H2,(H,27,33)(H,28,32). The van der Waals surface area contributed by atoms with Crippen molar-refractivity contribution in [3.05, 3.63) is 83.7 Å². The molecule has 11 heteroatoms. The number of benzene rings is 3. The zero-order valence-electron chi connectivity index (χ0n) is 16.7. The highest BCUT2D eigenvalue weighted by Crippen LogP contribution is 2.36. The van der Waals surface area contributed by atoms with Gasteiger partial charge < -0.3 is 10.6 Å². The van der Waals surface area contributed by atoms with Crippen LogP contribution in [0.4, 0.5) is 28.9 Å². The van der Waals surface area contributed by atoms with E-state index in [1.54, 1.807) is 24.3 Å². The summed E-state index contributed by atoms with van der Waals surface area (Å²) >= 11 is 0. The van der Waals surface area contributed by atoms with Gasteiger partial charge in [0.15, 0.2) is 0 Å². The monoisotopic (exact) mass is 457 g/mol. The van der Waals surface area contributed by atoms with Gasteiger partial charge in [0.2, 0.25) is 5.91 Å². The van der Waals surface area contributed by atoms with Crippen LogP contribution < -0.4 is 10.6 Å². The second-order valence-electron chi connectivity index (χ2n) is 7.00. The smallest absolute Gasteiger partial charge is 0.324 e. The summed E-state index contributed by atoms with van der Waals surface area (Å²) in [4.78, 5) is 24.6. The Hall–Kier alpha value is -4.28. The number of para-hydroxylation sites is 1. The van der Waals surface area contributed by atoms with Crippen molar-refractivity contribution in [2.24, 2.45) is 0 Å². The largest absolute Gasteiger partial charge is 0.418 e. The molecule has 0 saturated carbocycles. The summed E-state index contributed by atoms with van der Waals surface area (Å²) in [7, 11) is 0. The molecule has 0 spiro atoms. The first-order valence-corrected chi connectivity index (χ1v) is 9.57. The maximum Gasteiger partial charge on any atom is 0.418 e. The number of anilines is 2. The number of aromatic nitrogens is 3. The SMILES string of the molecule is O=C(Cn1nnc2ccccc21)Nc1ccc(NC(=O)c2ccc(F)cc2)cc1C(F)(F)F. The summed E-state index contributed by atoms with van der Waals surface area (Å²) in [5, 5.41) is 12.3. The van der Waals surface area contributed by atoms with Crippen LogP contribution in [0.3, 0.4) is 0 Å². The van der Waals surface area contributed by atoms with E-state index < -0.39 is 35.1 Å². The van der Waals surface area contributed by atoms with E-state index in [0.29, 0.717) is 17.1 Å². The number of hydrogen-bond donors (Lipinski definition) is 2. The number of amides is 2. The third-order valence-corrected chi connectivity index (χ3v) is 4.68. The van der Waals surface area contributed by atoms with Crippen molar-refractivity contribution in [2.45, 2.75) is 12.7 Å². The van der Waals surface area contributed by atoms with Crippen molar-refractivity contribution in [3.63, 3.8) is 0 Å². The minimum atomic E-state index is -4.81. The number of carbonyl (C=O) groups excluding carboxylic acids is 2. The fraction of sp³-hybridized carbons (Fsp3) is 0.0909. The van der Waals surface area contributed by atoms with E-state index in [4.69, 9.17) is 0 Å². The minimum absolute atomic E-state index is 0.0717. The zero-order chi connectivity index (χ0) is 23.6. The molecule has 2 N–H and O–H groups in total. The maximum atomic E-state index is 13.6. The lowest BCUT2D eigenvalue weighted by Crippen LogP contribution is -2.22. The molecule has 4 aromatic rings. The molecule has 0 atom stereocenters. The fourth-order valence-electron chi connectivity index (χ4n) is 3.13. The number of alkyl halides is 3. The van der Waals surface area contributed by atoms with E-state index in [-0.39, 0.29) is 17.8 Å². The normalized spacial score (nSPS) is 11.4. The van der Waals surface area contributed by atoms with E-state index in [1.165, 1.54) is 22.9 Å². The summed E-state index contributed by atoms with van der Waals surface area (Å²) in [6, 6.07) is 14.4. The molecule has 2 amide bonds. The Kier molecular flexibility index (Phi) is 5.78. The number of nitrogens with zero attached hydrogens (tertiary/aromatic N) is 3. The molecule has 168 valence electrons. The fourth-order valence-corrected chi connectivity index (χ4v) is 3.13. The van der Waals surface area contributed by atoms with E-state index in [1.807, 2.05) is 0 Å². The Bertz CT molecular complexity index is 1330. The van der Waals surface area contributed by atoms with E-state index in [2.05, 4.69) is 20.9 Å². The first-order chi connectivity index (χ1) is 15.7. The molecular formula is C22H15F4N5O2. The molecule has 7 nitrogen and oxygen atoms in total. The second kappa shape index (κ2) is 8.69. The van der Waals surface area contributed by atoms with Crippen LogP contribution in [0.25, 0.3) is 11.0 Å².